The lowest BCUT2D eigenvalue weighted by Crippen LogP contribution is -2.34. The van der Waals surface area contributed by atoms with Gasteiger partial charge in [0.1, 0.15) is 12.7 Å². The topological polar surface area (TPSA) is 113 Å². The summed E-state index contributed by atoms with van der Waals surface area (Å²) in [5, 5.41) is 14.9. The van der Waals surface area contributed by atoms with Crippen LogP contribution >= 0.6 is 0 Å². The van der Waals surface area contributed by atoms with Gasteiger partial charge in [-0.1, -0.05) is 24.3 Å². The molecule has 1 amide bonds. The molecule has 38 heavy (non-hydrogen) atoms. The quantitative estimate of drug-likeness (QED) is 0.365. The van der Waals surface area contributed by atoms with Gasteiger partial charge in [-0.15, -0.1) is 5.10 Å². The van der Waals surface area contributed by atoms with Gasteiger partial charge in [0, 0.05) is 11.4 Å². The maximum atomic E-state index is 13.5. The van der Waals surface area contributed by atoms with E-state index in [1.165, 1.54) is 33.8 Å². The summed E-state index contributed by atoms with van der Waals surface area (Å²) in [7, 11) is 0. The molecule has 196 valence electrons. The first kappa shape index (κ1) is 26.3. The van der Waals surface area contributed by atoms with Gasteiger partial charge >= 0.3 is 18.1 Å². The third-order valence-electron chi connectivity index (χ3n) is 5.71. The smallest absolute Gasteiger partial charge is 0.463 e. The molecule has 2 aromatic carbocycles. The normalized spacial score (nSPS) is 15.1. The summed E-state index contributed by atoms with van der Waals surface area (Å²) in [6, 6.07) is 13.3. The van der Waals surface area contributed by atoms with Gasteiger partial charge in [-0.2, -0.15) is 23.4 Å². The molecular weight excluding hydrogens is 508 g/mol. The second kappa shape index (κ2) is 10.3. The van der Waals surface area contributed by atoms with E-state index in [0.29, 0.717) is 28.1 Å². The molecule has 1 unspecified atom stereocenters. The molecular formula is C25H20F4N6O3. The van der Waals surface area contributed by atoms with E-state index in [9.17, 15) is 32.4 Å². The number of ether oxygens (including phenoxy) is 1. The summed E-state index contributed by atoms with van der Waals surface area (Å²) in [6.45, 7) is 2.44. The van der Waals surface area contributed by atoms with Crippen LogP contribution in [0.3, 0.4) is 0 Å². The summed E-state index contributed by atoms with van der Waals surface area (Å²) in [5.41, 5.74) is 1.81. The first-order chi connectivity index (χ1) is 18.1. The number of esters is 1. The second-order valence-electron chi connectivity index (χ2n) is 8.13. The number of anilines is 3. The van der Waals surface area contributed by atoms with Crippen molar-refractivity contribution in [1.82, 2.24) is 14.8 Å². The summed E-state index contributed by atoms with van der Waals surface area (Å²) in [5.74, 6) is -3.71. The molecule has 1 aliphatic heterocycles. The fourth-order valence-corrected chi connectivity index (χ4v) is 4.06. The minimum atomic E-state index is -5.20. The Bertz CT molecular complexity index is 1460. The number of rotatable bonds is 6. The molecule has 9 nitrogen and oxygen atoms in total. The van der Waals surface area contributed by atoms with Crippen LogP contribution in [0, 0.1) is 11.3 Å². The van der Waals surface area contributed by atoms with Crippen LogP contribution in [0.5, 0.6) is 0 Å². The zero-order chi connectivity index (χ0) is 27.6. The molecule has 13 heteroatoms. The molecule has 2 heterocycles. The highest BCUT2D eigenvalue weighted by Crippen LogP contribution is 2.43. The number of amides is 1. The van der Waals surface area contributed by atoms with Crippen molar-refractivity contribution in [3.63, 3.8) is 0 Å². The number of fused-ring (bicyclic) bond motifs is 1. The molecule has 1 atom stereocenters. The Morgan fingerprint density at radius 3 is 2.50 bits per heavy atom. The van der Waals surface area contributed by atoms with Crippen molar-refractivity contribution in [3.8, 4) is 6.07 Å². The highest BCUT2D eigenvalue weighted by Gasteiger charge is 2.42. The van der Waals surface area contributed by atoms with Crippen LogP contribution in [0.4, 0.5) is 35.1 Å². The minimum absolute atomic E-state index is 0.0319. The van der Waals surface area contributed by atoms with Crippen LogP contribution in [-0.2, 0) is 21.0 Å². The van der Waals surface area contributed by atoms with Crippen LogP contribution in [-0.4, -0.2) is 39.4 Å². The molecule has 0 saturated carbocycles. The lowest BCUT2D eigenvalue weighted by Gasteiger charge is -2.35. The van der Waals surface area contributed by atoms with Crippen molar-refractivity contribution in [3.05, 3.63) is 76.5 Å². The SMILES string of the molecule is CCOC(=O)C1=C(C)N(c2cccc(CF)c2)c2nc(NC(=O)C(F)(F)F)nn2C1c1ccc(C#N)cc1. The molecule has 0 fully saturated rings. The third-order valence-corrected chi connectivity index (χ3v) is 5.71. The predicted molar refractivity (Wildman–Crippen MR) is 127 cm³/mol. The zero-order valence-electron chi connectivity index (χ0n) is 20.1. The highest BCUT2D eigenvalue weighted by atomic mass is 19.4. The number of allylic oxidation sites excluding steroid dienone is 1. The zero-order valence-corrected chi connectivity index (χ0v) is 20.1. The van der Waals surface area contributed by atoms with Crippen molar-refractivity contribution < 1.29 is 31.9 Å². The number of nitrogens with one attached hydrogen (secondary N) is 1. The summed E-state index contributed by atoms with van der Waals surface area (Å²) < 4.78 is 58.8. The number of nitrogens with zero attached hydrogens (tertiary/aromatic N) is 5. The molecule has 1 N–H and O–H groups in total. The number of aromatic nitrogens is 3. The highest BCUT2D eigenvalue weighted by molar-refractivity contribution is 5.95. The van der Waals surface area contributed by atoms with E-state index in [2.05, 4.69) is 10.1 Å². The molecule has 3 aromatic rings. The Balaban J connectivity index is 1.97. The summed E-state index contributed by atoms with van der Waals surface area (Å²) in [6.07, 6.45) is -5.20. The Morgan fingerprint density at radius 1 is 1.18 bits per heavy atom. The van der Waals surface area contributed by atoms with E-state index < -0.39 is 36.7 Å². The van der Waals surface area contributed by atoms with E-state index in [1.54, 1.807) is 43.4 Å². The maximum Gasteiger partial charge on any atom is 0.471 e. The van der Waals surface area contributed by atoms with Crippen LogP contribution in [0.15, 0.2) is 59.8 Å². The molecule has 0 bridgehead atoms. The van der Waals surface area contributed by atoms with Gasteiger partial charge in [0.05, 0.1) is 23.8 Å². The van der Waals surface area contributed by atoms with Crippen molar-refractivity contribution in [2.75, 3.05) is 16.8 Å². The molecule has 0 radical (unpaired) electrons. The Kier molecular flexibility index (Phi) is 7.16. The number of carbonyl (C=O) groups excluding carboxylic acids is 2. The van der Waals surface area contributed by atoms with E-state index in [4.69, 9.17) is 4.74 Å². The standard InChI is InChI=1S/C25H20F4N6O3/c1-3-38-21(36)19-14(2)34(18-6-4-5-16(11-18)12-26)24-32-23(31-22(37)25(27,28)29)33-35(24)20(19)17-9-7-15(13-30)8-10-17/h4-11,20H,3,12H2,1-2H3,(H,31,33,37). The first-order valence-electron chi connectivity index (χ1n) is 11.3. The molecule has 0 aliphatic carbocycles. The van der Waals surface area contributed by atoms with Gasteiger partial charge in [0.15, 0.2) is 0 Å². The van der Waals surface area contributed by atoms with Crippen LogP contribution in [0.25, 0.3) is 0 Å². The van der Waals surface area contributed by atoms with E-state index in [-0.39, 0.29) is 18.1 Å². The maximum absolute atomic E-state index is 13.5. The number of hydrogen-bond donors (Lipinski definition) is 1. The van der Waals surface area contributed by atoms with E-state index in [0.717, 1.165) is 0 Å². The Hall–Kier alpha value is -4.73. The number of halogens is 4. The number of hydrogen-bond acceptors (Lipinski definition) is 7. The lowest BCUT2D eigenvalue weighted by atomic mass is 9.94. The number of alkyl halides is 4. The van der Waals surface area contributed by atoms with Gasteiger partial charge in [0.25, 0.3) is 5.95 Å². The van der Waals surface area contributed by atoms with Gasteiger partial charge in [-0.05, 0) is 49.2 Å². The average molecular weight is 528 g/mol. The van der Waals surface area contributed by atoms with Gasteiger partial charge in [-0.3, -0.25) is 15.0 Å². The van der Waals surface area contributed by atoms with E-state index >= 15 is 0 Å². The molecule has 1 aliphatic rings. The van der Waals surface area contributed by atoms with Crippen molar-refractivity contribution in [2.45, 2.75) is 32.7 Å². The second-order valence-corrected chi connectivity index (χ2v) is 8.13. The van der Waals surface area contributed by atoms with E-state index in [1.807, 2.05) is 6.07 Å². The molecule has 0 spiro atoms. The molecule has 4 rings (SSSR count). The van der Waals surface area contributed by atoms with Crippen LogP contribution in [0.2, 0.25) is 0 Å². The van der Waals surface area contributed by atoms with Crippen molar-refractivity contribution in [1.29, 1.82) is 5.26 Å². The minimum Gasteiger partial charge on any atom is -0.463 e. The summed E-state index contributed by atoms with van der Waals surface area (Å²) >= 11 is 0. The largest absolute Gasteiger partial charge is 0.471 e. The fourth-order valence-electron chi connectivity index (χ4n) is 4.06. The van der Waals surface area contributed by atoms with Crippen molar-refractivity contribution in [2.24, 2.45) is 0 Å². The Labute approximate surface area is 213 Å². The molecule has 0 saturated heterocycles. The fraction of sp³-hybridized carbons (Fsp3) is 0.240. The molecule has 1 aromatic heterocycles. The number of benzene rings is 2. The summed E-state index contributed by atoms with van der Waals surface area (Å²) in [4.78, 5) is 30.4. The number of carbonyl (C=O) groups is 2. The van der Waals surface area contributed by atoms with Gasteiger partial charge < -0.3 is 4.74 Å². The van der Waals surface area contributed by atoms with Gasteiger partial charge in [-0.25, -0.2) is 13.9 Å². The third kappa shape index (κ3) is 4.93. The van der Waals surface area contributed by atoms with Crippen LogP contribution in [0.1, 0.15) is 36.6 Å². The van der Waals surface area contributed by atoms with Crippen LogP contribution < -0.4 is 10.2 Å². The average Bonchev–Trinajstić information content (AvgIpc) is 3.30. The Morgan fingerprint density at radius 2 is 1.89 bits per heavy atom. The first-order valence-corrected chi connectivity index (χ1v) is 11.3. The van der Waals surface area contributed by atoms with Crippen molar-refractivity contribution >= 4 is 29.5 Å². The van der Waals surface area contributed by atoms with Gasteiger partial charge in [0.2, 0.25) is 5.95 Å². The lowest BCUT2D eigenvalue weighted by molar-refractivity contribution is -0.167. The number of nitriles is 1. The monoisotopic (exact) mass is 528 g/mol. The predicted octanol–water partition coefficient (Wildman–Crippen LogP) is 4.70.